The van der Waals surface area contributed by atoms with Gasteiger partial charge in [-0.1, -0.05) is 127 Å². The van der Waals surface area contributed by atoms with Gasteiger partial charge in [-0.3, -0.25) is 0 Å². The maximum absolute atomic E-state index is 2.61. The van der Waals surface area contributed by atoms with E-state index in [0.29, 0.717) is 0 Å². The lowest BCUT2D eigenvalue weighted by Crippen LogP contribution is -2.68. The van der Waals surface area contributed by atoms with Crippen molar-refractivity contribution in [3.05, 3.63) is 119 Å². The molecule has 0 N–H and O–H groups in total. The van der Waals surface area contributed by atoms with Crippen molar-refractivity contribution in [3.8, 4) is 16.8 Å². The Labute approximate surface area is 249 Å². The van der Waals surface area contributed by atoms with E-state index in [-0.39, 0.29) is 23.0 Å². The van der Waals surface area contributed by atoms with Crippen molar-refractivity contribution in [1.29, 1.82) is 0 Å². The van der Waals surface area contributed by atoms with Gasteiger partial charge in [-0.2, -0.15) is 0 Å². The molecule has 9 rings (SSSR count). The Bertz CT molecular complexity index is 2150. The topological polar surface area (TPSA) is 4.93 Å². The molecular weight excluding hydrogens is 505 g/mol. The van der Waals surface area contributed by atoms with Gasteiger partial charge in [0, 0.05) is 32.8 Å². The van der Waals surface area contributed by atoms with Gasteiger partial charge in [-0.05, 0) is 73.5 Å². The molecule has 2 heteroatoms. The van der Waals surface area contributed by atoms with Crippen molar-refractivity contribution >= 4 is 44.9 Å². The first-order chi connectivity index (χ1) is 20.0. The van der Waals surface area contributed by atoms with E-state index in [0.717, 1.165) is 0 Å². The quantitative estimate of drug-likeness (QED) is 0.187. The molecule has 0 saturated heterocycles. The summed E-state index contributed by atoms with van der Waals surface area (Å²) in [6, 6.07) is 35.3. The zero-order valence-electron chi connectivity index (χ0n) is 25.7. The Kier molecular flexibility index (Phi) is 4.37. The number of hydrogen-bond donors (Lipinski definition) is 0. The zero-order chi connectivity index (χ0) is 28.9. The Morgan fingerprint density at radius 1 is 0.571 bits per heavy atom. The van der Waals surface area contributed by atoms with E-state index in [2.05, 4.69) is 144 Å². The standard InChI is InChI=1S/C40H36BN/c1-38(2,3)25-17-14-23(15-18-25)24-16-21-32-27(22-24)26-19-20-31-36-37(26)42(32)33-13-9-12-30-35(33)41(36)34-28(39(30,4)5)10-8-11-29(34)40(31,6)7/h8-22H,1-7H3. The van der Waals surface area contributed by atoms with Gasteiger partial charge in [0.25, 0.3) is 0 Å². The normalized spacial score (nSPS) is 16.8. The summed E-state index contributed by atoms with van der Waals surface area (Å²) < 4.78 is 2.61. The summed E-state index contributed by atoms with van der Waals surface area (Å²) in [7, 11) is 0. The molecule has 1 aromatic heterocycles. The molecule has 6 aromatic rings. The molecule has 204 valence electrons. The van der Waals surface area contributed by atoms with Crippen LogP contribution in [0.5, 0.6) is 0 Å². The predicted octanol–water partition coefficient (Wildman–Crippen LogP) is 7.86. The van der Waals surface area contributed by atoms with Crippen LogP contribution in [0.4, 0.5) is 0 Å². The van der Waals surface area contributed by atoms with Crippen molar-refractivity contribution in [2.75, 3.05) is 0 Å². The SMILES string of the molecule is CC(C)(C)c1ccc(-c2ccc3c(c2)c2ccc4c5c2n3-c2cccc3c2B5c2c(cccc2C4(C)C)C3(C)C)cc1. The van der Waals surface area contributed by atoms with Crippen molar-refractivity contribution in [2.45, 2.75) is 64.7 Å². The lowest BCUT2D eigenvalue weighted by atomic mass is 9.26. The second-order valence-corrected chi connectivity index (χ2v) is 15.0. The Hall–Kier alpha value is -4.04. The minimum absolute atomic E-state index is 0.0541. The van der Waals surface area contributed by atoms with Gasteiger partial charge in [0.05, 0.1) is 5.52 Å². The van der Waals surface area contributed by atoms with Crippen LogP contribution in [0.1, 0.15) is 76.3 Å². The molecule has 0 unspecified atom stereocenters. The Morgan fingerprint density at radius 2 is 1.17 bits per heavy atom. The average molecular weight is 542 g/mol. The summed E-state index contributed by atoms with van der Waals surface area (Å²) in [5, 5.41) is 2.71. The third-order valence-corrected chi connectivity index (χ3v) is 11.0. The van der Waals surface area contributed by atoms with E-state index < -0.39 is 0 Å². The first-order valence-corrected chi connectivity index (χ1v) is 15.5. The highest BCUT2D eigenvalue weighted by Gasteiger charge is 2.51. The van der Waals surface area contributed by atoms with E-state index in [1.165, 1.54) is 77.4 Å². The molecule has 0 fully saturated rings. The minimum atomic E-state index is -0.0630. The monoisotopic (exact) mass is 541 g/mol. The summed E-state index contributed by atoms with van der Waals surface area (Å²) in [5.41, 5.74) is 18.6. The number of benzene rings is 5. The first kappa shape index (κ1) is 24.6. The van der Waals surface area contributed by atoms with Gasteiger partial charge >= 0.3 is 0 Å². The fraction of sp³-hybridized carbons (Fsp3) is 0.250. The lowest BCUT2D eigenvalue weighted by Gasteiger charge is -2.48. The molecule has 0 radical (unpaired) electrons. The number of rotatable bonds is 1. The summed E-state index contributed by atoms with van der Waals surface area (Å²) in [4.78, 5) is 0. The van der Waals surface area contributed by atoms with E-state index in [1.807, 2.05) is 0 Å². The maximum Gasteiger partial charge on any atom is 0.248 e. The van der Waals surface area contributed by atoms with Crippen LogP contribution in [0.3, 0.4) is 0 Å². The predicted molar refractivity (Wildman–Crippen MR) is 180 cm³/mol. The molecule has 42 heavy (non-hydrogen) atoms. The van der Waals surface area contributed by atoms with Crippen LogP contribution in [0.25, 0.3) is 38.6 Å². The Balaban J connectivity index is 1.40. The zero-order valence-corrected chi connectivity index (χ0v) is 25.7. The van der Waals surface area contributed by atoms with Crippen LogP contribution < -0.4 is 16.4 Å². The van der Waals surface area contributed by atoms with E-state index in [1.54, 1.807) is 5.46 Å². The maximum atomic E-state index is 2.61. The largest absolute Gasteiger partial charge is 0.310 e. The summed E-state index contributed by atoms with van der Waals surface area (Å²) in [6.45, 7) is 16.9. The van der Waals surface area contributed by atoms with E-state index in [4.69, 9.17) is 0 Å². The summed E-state index contributed by atoms with van der Waals surface area (Å²) in [5.74, 6) is 0. The molecule has 1 nitrogen and oxygen atoms in total. The highest BCUT2D eigenvalue weighted by molar-refractivity contribution is 7.00. The number of fused-ring (bicyclic) bond motifs is 4. The van der Waals surface area contributed by atoms with Crippen molar-refractivity contribution < 1.29 is 0 Å². The van der Waals surface area contributed by atoms with Crippen LogP contribution in [0.2, 0.25) is 0 Å². The Morgan fingerprint density at radius 3 is 1.83 bits per heavy atom. The van der Waals surface area contributed by atoms with Gasteiger partial charge in [-0.25, -0.2) is 0 Å². The van der Waals surface area contributed by atoms with Crippen LogP contribution in [0, 0.1) is 0 Å². The highest BCUT2D eigenvalue weighted by Crippen LogP contribution is 2.46. The van der Waals surface area contributed by atoms with Gasteiger partial charge in [-0.15, -0.1) is 0 Å². The number of nitrogens with zero attached hydrogens (tertiary/aromatic N) is 1. The molecule has 0 bridgehead atoms. The molecule has 4 heterocycles. The van der Waals surface area contributed by atoms with Gasteiger partial charge in [0.15, 0.2) is 0 Å². The summed E-state index contributed by atoms with van der Waals surface area (Å²) >= 11 is 0. The van der Waals surface area contributed by atoms with Crippen molar-refractivity contribution in [3.63, 3.8) is 0 Å². The molecular formula is C40H36BN. The second kappa shape index (κ2) is 7.48. The molecule has 0 aliphatic carbocycles. The molecule has 3 aliphatic heterocycles. The molecule has 0 saturated carbocycles. The van der Waals surface area contributed by atoms with E-state index >= 15 is 0 Å². The minimum Gasteiger partial charge on any atom is -0.310 e. The molecule has 5 aromatic carbocycles. The van der Waals surface area contributed by atoms with Gasteiger partial charge < -0.3 is 4.57 Å². The fourth-order valence-electron chi connectivity index (χ4n) is 8.85. The first-order valence-electron chi connectivity index (χ1n) is 15.5. The van der Waals surface area contributed by atoms with Crippen molar-refractivity contribution in [1.82, 2.24) is 4.57 Å². The van der Waals surface area contributed by atoms with Crippen LogP contribution in [-0.2, 0) is 16.2 Å². The van der Waals surface area contributed by atoms with Gasteiger partial charge in [0.2, 0.25) is 6.71 Å². The van der Waals surface area contributed by atoms with Crippen LogP contribution in [-0.4, -0.2) is 11.3 Å². The van der Waals surface area contributed by atoms with E-state index in [9.17, 15) is 0 Å². The molecule has 3 aliphatic rings. The fourth-order valence-corrected chi connectivity index (χ4v) is 8.85. The van der Waals surface area contributed by atoms with Gasteiger partial charge in [0.1, 0.15) is 0 Å². The number of hydrogen-bond acceptors (Lipinski definition) is 0. The lowest BCUT2D eigenvalue weighted by molar-refractivity contribution is 0.590. The third kappa shape index (κ3) is 2.77. The second-order valence-electron chi connectivity index (χ2n) is 15.0. The highest BCUT2D eigenvalue weighted by atomic mass is 15.0. The third-order valence-electron chi connectivity index (χ3n) is 11.0. The molecule has 0 amide bonds. The summed E-state index contributed by atoms with van der Waals surface area (Å²) in [6.07, 6.45) is 0. The molecule has 0 atom stereocenters. The van der Waals surface area contributed by atoms with Crippen molar-refractivity contribution in [2.24, 2.45) is 0 Å². The smallest absolute Gasteiger partial charge is 0.248 e. The average Bonchev–Trinajstić information content (AvgIpc) is 3.30. The van der Waals surface area contributed by atoms with Crippen LogP contribution >= 0.6 is 0 Å². The van der Waals surface area contributed by atoms with Crippen LogP contribution in [0.15, 0.2) is 91.0 Å². The number of aromatic nitrogens is 1. The molecule has 0 spiro atoms.